The van der Waals surface area contributed by atoms with E-state index in [1.165, 1.54) is 0 Å². The molecule has 0 N–H and O–H groups in total. The molecule has 1 aliphatic heterocycles. The van der Waals surface area contributed by atoms with E-state index in [0.717, 1.165) is 29.9 Å². The lowest BCUT2D eigenvalue weighted by Crippen LogP contribution is -2.09. The molecular weight excluding hydrogens is 220 g/mol. The fourth-order valence-corrected chi connectivity index (χ4v) is 2.12. The van der Waals surface area contributed by atoms with E-state index in [1.54, 1.807) is 0 Å². The smallest absolute Gasteiger partial charge is 0.136 e. The minimum atomic E-state index is 0.196. The van der Waals surface area contributed by atoms with Crippen LogP contribution in [0.25, 0.3) is 0 Å². The van der Waals surface area contributed by atoms with Crippen LogP contribution in [-0.2, 0) is 4.74 Å². The van der Waals surface area contributed by atoms with Gasteiger partial charge in [-0.05, 0) is 35.7 Å². The lowest BCUT2D eigenvalue weighted by atomic mass is 10.3. The fourth-order valence-electron chi connectivity index (χ4n) is 1.54. The zero-order valence-corrected chi connectivity index (χ0v) is 8.54. The third-order valence-corrected chi connectivity index (χ3v) is 2.72. The summed E-state index contributed by atoms with van der Waals surface area (Å²) in [5.41, 5.74) is 0. The van der Waals surface area contributed by atoms with Crippen LogP contribution in [-0.4, -0.2) is 16.2 Å². The van der Waals surface area contributed by atoms with E-state index < -0.39 is 0 Å². The number of hydrogen-bond donors (Lipinski definition) is 0. The van der Waals surface area contributed by atoms with Crippen LogP contribution in [0.1, 0.15) is 24.9 Å². The van der Waals surface area contributed by atoms with Crippen LogP contribution in [0.3, 0.4) is 0 Å². The fraction of sp³-hybridized carbons (Fsp3) is 0.625. The SMILES string of the molecule is Cc1ncc(Br)n1C1CCCO1. The zero-order chi connectivity index (χ0) is 8.55. The summed E-state index contributed by atoms with van der Waals surface area (Å²) < 4.78 is 8.65. The summed E-state index contributed by atoms with van der Waals surface area (Å²) in [6.45, 7) is 2.86. The molecule has 66 valence electrons. The highest BCUT2D eigenvalue weighted by atomic mass is 79.9. The maximum absolute atomic E-state index is 5.55. The third kappa shape index (κ3) is 1.29. The average Bonchev–Trinajstić information content (AvgIpc) is 2.61. The van der Waals surface area contributed by atoms with Gasteiger partial charge in [-0.3, -0.25) is 4.57 Å². The molecule has 1 aromatic heterocycles. The van der Waals surface area contributed by atoms with Gasteiger partial charge in [0.05, 0.1) is 6.20 Å². The van der Waals surface area contributed by atoms with Crippen molar-refractivity contribution in [3.05, 3.63) is 16.6 Å². The molecule has 0 saturated carbocycles. The molecule has 0 bridgehead atoms. The Bertz CT molecular complexity index is 259. The Kier molecular flexibility index (Phi) is 2.19. The van der Waals surface area contributed by atoms with Crippen molar-refractivity contribution in [2.24, 2.45) is 0 Å². The van der Waals surface area contributed by atoms with Gasteiger partial charge in [0.1, 0.15) is 16.7 Å². The number of aryl methyl sites for hydroxylation is 1. The largest absolute Gasteiger partial charge is 0.358 e. The maximum Gasteiger partial charge on any atom is 0.136 e. The van der Waals surface area contributed by atoms with Crippen LogP contribution in [0.4, 0.5) is 0 Å². The van der Waals surface area contributed by atoms with E-state index in [9.17, 15) is 0 Å². The quantitative estimate of drug-likeness (QED) is 0.741. The van der Waals surface area contributed by atoms with Crippen LogP contribution in [0, 0.1) is 6.92 Å². The molecule has 0 amide bonds. The summed E-state index contributed by atoms with van der Waals surface area (Å²) in [6, 6.07) is 0. The standard InChI is InChI=1S/C8H11BrN2O/c1-6-10-5-7(9)11(6)8-3-2-4-12-8/h5,8H,2-4H2,1H3. The van der Waals surface area contributed by atoms with E-state index in [4.69, 9.17) is 4.74 Å². The molecule has 0 aromatic carbocycles. The van der Waals surface area contributed by atoms with E-state index >= 15 is 0 Å². The minimum Gasteiger partial charge on any atom is -0.358 e. The predicted molar refractivity (Wildman–Crippen MR) is 48.9 cm³/mol. The third-order valence-electron chi connectivity index (χ3n) is 2.13. The number of hydrogen-bond acceptors (Lipinski definition) is 2. The molecule has 4 heteroatoms. The Morgan fingerprint density at radius 1 is 1.75 bits per heavy atom. The molecule has 1 aliphatic rings. The Balaban J connectivity index is 2.30. The van der Waals surface area contributed by atoms with Crippen LogP contribution in [0.2, 0.25) is 0 Å². The number of halogens is 1. The summed E-state index contributed by atoms with van der Waals surface area (Å²) in [5.74, 6) is 1.01. The first kappa shape index (κ1) is 8.26. The molecule has 2 heterocycles. The van der Waals surface area contributed by atoms with Crippen molar-refractivity contribution >= 4 is 15.9 Å². The molecule has 3 nitrogen and oxygen atoms in total. The normalized spacial score (nSPS) is 23.3. The van der Waals surface area contributed by atoms with Crippen LogP contribution in [0.15, 0.2) is 10.8 Å². The second kappa shape index (κ2) is 3.18. The second-order valence-electron chi connectivity index (χ2n) is 2.97. The van der Waals surface area contributed by atoms with Crippen molar-refractivity contribution in [3.63, 3.8) is 0 Å². The Morgan fingerprint density at radius 3 is 3.08 bits per heavy atom. The molecular formula is C8H11BrN2O. The van der Waals surface area contributed by atoms with Crippen molar-refractivity contribution in [1.29, 1.82) is 0 Å². The van der Waals surface area contributed by atoms with Gasteiger partial charge >= 0.3 is 0 Å². The average molecular weight is 231 g/mol. The maximum atomic E-state index is 5.55. The molecule has 0 aliphatic carbocycles. The highest BCUT2D eigenvalue weighted by molar-refractivity contribution is 9.10. The summed E-state index contributed by atoms with van der Waals surface area (Å²) in [6.07, 6.45) is 4.25. The summed E-state index contributed by atoms with van der Waals surface area (Å²) in [5, 5.41) is 0. The Hall–Kier alpha value is -0.350. The van der Waals surface area contributed by atoms with Gasteiger partial charge in [-0.1, -0.05) is 0 Å². The lowest BCUT2D eigenvalue weighted by Gasteiger charge is -2.13. The molecule has 1 atom stereocenters. The summed E-state index contributed by atoms with van der Waals surface area (Å²) >= 11 is 3.45. The van der Waals surface area contributed by atoms with E-state index in [0.29, 0.717) is 0 Å². The number of aromatic nitrogens is 2. The van der Waals surface area contributed by atoms with Crippen molar-refractivity contribution in [2.75, 3.05) is 6.61 Å². The van der Waals surface area contributed by atoms with Gasteiger partial charge in [-0.15, -0.1) is 0 Å². The van der Waals surface area contributed by atoms with Crippen LogP contribution < -0.4 is 0 Å². The molecule has 2 rings (SSSR count). The zero-order valence-electron chi connectivity index (χ0n) is 6.96. The highest BCUT2D eigenvalue weighted by Crippen LogP contribution is 2.27. The molecule has 0 radical (unpaired) electrons. The molecule has 12 heavy (non-hydrogen) atoms. The van der Waals surface area contributed by atoms with Gasteiger partial charge in [0.2, 0.25) is 0 Å². The summed E-state index contributed by atoms with van der Waals surface area (Å²) in [7, 11) is 0. The number of rotatable bonds is 1. The van der Waals surface area contributed by atoms with Gasteiger partial charge in [0, 0.05) is 6.61 Å². The monoisotopic (exact) mass is 230 g/mol. The van der Waals surface area contributed by atoms with Gasteiger partial charge in [-0.2, -0.15) is 0 Å². The van der Waals surface area contributed by atoms with Crippen LogP contribution in [0.5, 0.6) is 0 Å². The Labute approximate surface area is 79.9 Å². The van der Waals surface area contributed by atoms with Gasteiger partial charge < -0.3 is 4.74 Å². The van der Waals surface area contributed by atoms with E-state index in [2.05, 4.69) is 25.5 Å². The second-order valence-corrected chi connectivity index (χ2v) is 3.78. The van der Waals surface area contributed by atoms with E-state index in [1.807, 2.05) is 13.1 Å². The lowest BCUT2D eigenvalue weighted by molar-refractivity contribution is 0.0533. The first-order valence-corrected chi connectivity index (χ1v) is 4.89. The number of nitrogens with zero attached hydrogens (tertiary/aromatic N) is 2. The summed E-state index contributed by atoms with van der Waals surface area (Å²) in [4.78, 5) is 4.20. The first-order valence-electron chi connectivity index (χ1n) is 4.10. The topological polar surface area (TPSA) is 27.1 Å². The number of ether oxygens (including phenoxy) is 1. The van der Waals surface area contributed by atoms with Gasteiger partial charge in [-0.25, -0.2) is 4.98 Å². The first-order chi connectivity index (χ1) is 5.79. The van der Waals surface area contributed by atoms with Crippen LogP contribution >= 0.6 is 15.9 Å². The van der Waals surface area contributed by atoms with Gasteiger partial charge in [0.15, 0.2) is 0 Å². The predicted octanol–water partition coefficient (Wildman–Crippen LogP) is 2.26. The minimum absolute atomic E-state index is 0.196. The molecule has 1 fully saturated rings. The molecule has 0 spiro atoms. The Morgan fingerprint density at radius 2 is 2.58 bits per heavy atom. The highest BCUT2D eigenvalue weighted by Gasteiger charge is 2.20. The molecule has 1 unspecified atom stereocenters. The van der Waals surface area contributed by atoms with Crippen molar-refractivity contribution in [3.8, 4) is 0 Å². The van der Waals surface area contributed by atoms with Gasteiger partial charge in [0.25, 0.3) is 0 Å². The number of imidazole rings is 1. The molecule has 1 saturated heterocycles. The van der Waals surface area contributed by atoms with Crippen molar-refractivity contribution < 1.29 is 4.74 Å². The van der Waals surface area contributed by atoms with Crippen molar-refractivity contribution in [1.82, 2.24) is 9.55 Å². The van der Waals surface area contributed by atoms with Crippen molar-refractivity contribution in [2.45, 2.75) is 26.0 Å². The van der Waals surface area contributed by atoms with E-state index in [-0.39, 0.29) is 6.23 Å². The molecule has 1 aromatic rings.